The summed E-state index contributed by atoms with van der Waals surface area (Å²) in [5.74, 6) is 0. The van der Waals surface area contributed by atoms with Gasteiger partial charge in [0, 0.05) is 40.9 Å². The molecule has 1 unspecified atom stereocenters. The van der Waals surface area contributed by atoms with Gasteiger partial charge in [-0.15, -0.1) is 0 Å². The molecule has 0 saturated carbocycles. The maximum Gasteiger partial charge on any atom is 0.0715 e. The third-order valence-corrected chi connectivity index (χ3v) is 3.57. The fourth-order valence-electron chi connectivity index (χ4n) is 2.55. The fraction of sp³-hybridized carbons (Fsp3) is 0.385. The number of hydrogen-bond donors (Lipinski definition) is 2. The van der Waals surface area contributed by atoms with Gasteiger partial charge in [0.2, 0.25) is 0 Å². The highest BCUT2D eigenvalue weighted by Crippen LogP contribution is 2.31. The lowest BCUT2D eigenvalue weighted by atomic mass is 10.1. The Balaban J connectivity index is 2.06. The first-order chi connectivity index (χ1) is 8.24. The van der Waals surface area contributed by atoms with Crippen LogP contribution in [-0.2, 0) is 0 Å². The number of H-pyrrole nitrogens is 1. The molecular weight excluding hydrogens is 236 g/mol. The van der Waals surface area contributed by atoms with E-state index < -0.39 is 0 Å². The number of nitrogens with one attached hydrogen (secondary N) is 1. The van der Waals surface area contributed by atoms with E-state index in [2.05, 4.69) is 16.0 Å². The minimum atomic E-state index is -0.225. The first-order valence-corrected chi connectivity index (χ1v) is 6.31. The molecule has 1 fully saturated rings. The third kappa shape index (κ3) is 2.01. The summed E-state index contributed by atoms with van der Waals surface area (Å²) < 4.78 is 0. The number of benzene rings is 1. The summed E-state index contributed by atoms with van der Waals surface area (Å²) >= 11 is 6.13. The number of nitrogens with zero attached hydrogens (tertiary/aromatic N) is 1. The van der Waals surface area contributed by atoms with Crippen molar-refractivity contribution in [3.63, 3.8) is 0 Å². The molecule has 0 spiro atoms. The number of aliphatic hydroxyl groups is 1. The van der Waals surface area contributed by atoms with Gasteiger partial charge >= 0.3 is 0 Å². The van der Waals surface area contributed by atoms with Gasteiger partial charge in [-0.3, -0.25) is 0 Å². The van der Waals surface area contributed by atoms with Crippen LogP contribution >= 0.6 is 11.6 Å². The monoisotopic (exact) mass is 250 g/mol. The zero-order valence-corrected chi connectivity index (χ0v) is 10.2. The summed E-state index contributed by atoms with van der Waals surface area (Å²) in [6, 6.07) is 5.97. The van der Waals surface area contributed by atoms with E-state index in [1.165, 1.54) is 5.39 Å². The first-order valence-electron chi connectivity index (χ1n) is 5.94. The van der Waals surface area contributed by atoms with Crippen LogP contribution in [0.5, 0.6) is 0 Å². The molecule has 2 N–H and O–H groups in total. The summed E-state index contributed by atoms with van der Waals surface area (Å²) in [7, 11) is 0. The van der Waals surface area contributed by atoms with Crippen LogP contribution in [0.4, 0.5) is 5.69 Å². The summed E-state index contributed by atoms with van der Waals surface area (Å²) in [6.45, 7) is 1.68. The van der Waals surface area contributed by atoms with Crippen LogP contribution in [0.1, 0.15) is 12.8 Å². The predicted octanol–water partition coefficient (Wildman–Crippen LogP) is 2.78. The molecule has 90 valence electrons. The second-order valence-corrected chi connectivity index (χ2v) is 5.04. The Bertz CT molecular complexity index is 537. The molecule has 2 heterocycles. The molecule has 0 bridgehead atoms. The van der Waals surface area contributed by atoms with Gasteiger partial charge < -0.3 is 15.0 Å². The Morgan fingerprint density at radius 3 is 3.12 bits per heavy atom. The van der Waals surface area contributed by atoms with Gasteiger partial charge in [0.1, 0.15) is 0 Å². The molecule has 17 heavy (non-hydrogen) atoms. The molecule has 4 heteroatoms. The number of piperidine rings is 1. The van der Waals surface area contributed by atoms with Crippen molar-refractivity contribution in [2.75, 3.05) is 18.0 Å². The van der Waals surface area contributed by atoms with E-state index in [-0.39, 0.29) is 6.10 Å². The molecular formula is C13H15ClN2O. The van der Waals surface area contributed by atoms with Crippen molar-refractivity contribution in [3.05, 3.63) is 29.4 Å². The minimum Gasteiger partial charge on any atom is -0.391 e. The molecule has 1 aliphatic heterocycles. The molecule has 2 aromatic rings. The molecule has 0 aliphatic carbocycles. The number of halogens is 1. The Hall–Kier alpha value is -1.19. The van der Waals surface area contributed by atoms with Gasteiger partial charge in [0.05, 0.1) is 6.10 Å². The van der Waals surface area contributed by atoms with Gasteiger partial charge in [-0.2, -0.15) is 0 Å². The number of aromatic nitrogens is 1. The van der Waals surface area contributed by atoms with Crippen molar-refractivity contribution >= 4 is 28.2 Å². The Labute approximate surface area is 105 Å². The molecule has 3 nitrogen and oxygen atoms in total. The molecule has 1 atom stereocenters. The second kappa shape index (κ2) is 4.24. The number of aliphatic hydroxyl groups excluding tert-OH is 1. The first kappa shape index (κ1) is 10.9. The van der Waals surface area contributed by atoms with E-state index in [0.717, 1.165) is 35.6 Å². The standard InChI is InChI=1S/C13H15ClN2O/c14-9-6-12-11(3-4-15-12)13(7-9)16-5-1-2-10(17)8-16/h3-4,6-7,10,15,17H,1-2,5,8H2. The van der Waals surface area contributed by atoms with E-state index >= 15 is 0 Å². The van der Waals surface area contributed by atoms with E-state index in [1.54, 1.807) is 0 Å². The van der Waals surface area contributed by atoms with Gasteiger partial charge in [-0.1, -0.05) is 11.6 Å². The maximum absolute atomic E-state index is 9.75. The average molecular weight is 251 g/mol. The lowest BCUT2D eigenvalue weighted by Crippen LogP contribution is -2.38. The molecule has 1 aromatic carbocycles. The van der Waals surface area contributed by atoms with Gasteiger partial charge in [-0.25, -0.2) is 0 Å². The van der Waals surface area contributed by atoms with Crippen LogP contribution < -0.4 is 4.90 Å². The van der Waals surface area contributed by atoms with Crippen molar-refractivity contribution in [2.24, 2.45) is 0 Å². The zero-order chi connectivity index (χ0) is 11.8. The molecule has 1 saturated heterocycles. The second-order valence-electron chi connectivity index (χ2n) is 4.61. The van der Waals surface area contributed by atoms with Crippen molar-refractivity contribution in [2.45, 2.75) is 18.9 Å². The lowest BCUT2D eigenvalue weighted by molar-refractivity contribution is 0.154. The van der Waals surface area contributed by atoms with Crippen LogP contribution in [0.3, 0.4) is 0 Å². The average Bonchev–Trinajstić information content (AvgIpc) is 2.75. The number of rotatable bonds is 1. The number of aromatic amines is 1. The van der Waals surface area contributed by atoms with Crippen LogP contribution in [0.25, 0.3) is 10.9 Å². The van der Waals surface area contributed by atoms with Crippen LogP contribution in [0.15, 0.2) is 24.4 Å². The van der Waals surface area contributed by atoms with Crippen molar-refractivity contribution in [1.29, 1.82) is 0 Å². The van der Waals surface area contributed by atoms with Crippen LogP contribution in [-0.4, -0.2) is 29.3 Å². The van der Waals surface area contributed by atoms with E-state index in [0.29, 0.717) is 6.54 Å². The molecule has 1 aliphatic rings. The topological polar surface area (TPSA) is 39.3 Å². The van der Waals surface area contributed by atoms with Crippen LogP contribution in [0, 0.1) is 0 Å². The van der Waals surface area contributed by atoms with Gasteiger partial charge in [0.15, 0.2) is 0 Å². The molecule has 3 rings (SSSR count). The zero-order valence-electron chi connectivity index (χ0n) is 9.49. The normalized spacial score (nSPS) is 21.1. The van der Waals surface area contributed by atoms with E-state index in [1.807, 2.05) is 18.3 Å². The van der Waals surface area contributed by atoms with Gasteiger partial charge in [-0.05, 0) is 31.0 Å². The highest BCUT2D eigenvalue weighted by molar-refractivity contribution is 6.31. The minimum absolute atomic E-state index is 0.225. The highest BCUT2D eigenvalue weighted by Gasteiger charge is 2.20. The number of fused-ring (bicyclic) bond motifs is 1. The predicted molar refractivity (Wildman–Crippen MR) is 70.8 cm³/mol. The van der Waals surface area contributed by atoms with E-state index in [9.17, 15) is 5.11 Å². The molecule has 0 radical (unpaired) electrons. The Kier molecular flexibility index (Phi) is 2.73. The Morgan fingerprint density at radius 2 is 2.29 bits per heavy atom. The summed E-state index contributed by atoms with van der Waals surface area (Å²) in [6.07, 6.45) is 3.62. The van der Waals surface area contributed by atoms with Gasteiger partial charge in [0.25, 0.3) is 0 Å². The van der Waals surface area contributed by atoms with Crippen molar-refractivity contribution in [3.8, 4) is 0 Å². The van der Waals surface area contributed by atoms with Crippen molar-refractivity contribution < 1.29 is 5.11 Å². The smallest absolute Gasteiger partial charge is 0.0715 e. The SMILES string of the molecule is OC1CCCN(c2cc(Cl)cc3[nH]ccc23)C1. The lowest BCUT2D eigenvalue weighted by Gasteiger charge is -2.32. The summed E-state index contributed by atoms with van der Waals surface area (Å²) in [4.78, 5) is 5.40. The number of hydrogen-bond acceptors (Lipinski definition) is 2. The Morgan fingerprint density at radius 1 is 1.41 bits per heavy atom. The number of β-amino-alcohol motifs (C(OH)–C–C–N with tert-alkyl or cyclic N) is 1. The number of anilines is 1. The maximum atomic E-state index is 9.75. The van der Waals surface area contributed by atoms with Crippen LogP contribution in [0.2, 0.25) is 5.02 Å². The quantitative estimate of drug-likeness (QED) is 0.817. The molecule has 0 amide bonds. The molecule has 1 aromatic heterocycles. The fourth-order valence-corrected chi connectivity index (χ4v) is 2.76. The van der Waals surface area contributed by atoms with Crippen molar-refractivity contribution in [1.82, 2.24) is 4.98 Å². The summed E-state index contributed by atoms with van der Waals surface area (Å²) in [5, 5.41) is 11.7. The summed E-state index contributed by atoms with van der Waals surface area (Å²) in [5.41, 5.74) is 2.17. The van der Waals surface area contributed by atoms with E-state index in [4.69, 9.17) is 11.6 Å². The third-order valence-electron chi connectivity index (χ3n) is 3.35. The largest absolute Gasteiger partial charge is 0.391 e. The highest BCUT2D eigenvalue weighted by atomic mass is 35.5.